The second-order valence-corrected chi connectivity index (χ2v) is 7.72. The number of thioether (sulfide) groups is 1. The Labute approximate surface area is 140 Å². The molecule has 1 aliphatic rings. The Hall–Kier alpha value is -1.82. The average Bonchev–Trinajstić information content (AvgIpc) is 2.78. The van der Waals surface area contributed by atoms with Crippen LogP contribution < -0.4 is 5.32 Å². The molecule has 23 heavy (non-hydrogen) atoms. The molecule has 1 saturated heterocycles. The minimum absolute atomic E-state index is 0.0248. The molecule has 1 aromatic carbocycles. The minimum Gasteiger partial charge on any atom is -0.349 e. The van der Waals surface area contributed by atoms with Crippen LogP contribution in [0.2, 0.25) is 0 Å². The quantitative estimate of drug-likeness (QED) is 0.919. The molecule has 0 saturated carbocycles. The molecule has 2 rings (SSSR count). The summed E-state index contributed by atoms with van der Waals surface area (Å²) in [5.74, 6) is -0.138. The van der Waals surface area contributed by atoms with Crippen molar-refractivity contribution in [2.75, 3.05) is 5.75 Å². The Morgan fingerprint density at radius 1 is 1.35 bits per heavy atom. The van der Waals surface area contributed by atoms with Crippen molar-refractivity contribution in [2.24, 2.45) is 5.41 Å². The fourth-order valence-electron chi connectivity index (χ4n) is 2.02. The molecule has 3 amide bonds. The molecule has 5 nitrogen and oxygen atoms in total. The van der Waals surface area contributed by atoms with E-state index >= 15 is 0 Å². The van der Waals surface area contributed by atoms with Crippen LogP contribution in [0, 0.1) is 5.41 Å². The fraction of sp³-hybridized carbons (Fsp3) is 0.471. The van der Waals surface area contributed by atoms with Crippen molar-refractivity contribution in [2.45, 2.75) is 40.3 Å². The molecule has 1 fully saturated rings. The summed E-state index contributed by atoms with van der Waals surface area (Å²) >= 11 is 1.01. The van der Waals surface area contributed by atoms with Crippen LogP contribution >= 0.6 is 11.8 Å². The van der Waals surface area contributed by atoms with Crippen LogP contribution in [0.4, 0.5) is 4.79 Å². The lowest BCUT2D eigenvalue weighted by Crippen LogP contribution is -2.41. The van der Waals surface area contributed by atoms with Gasteiger partial charge in [0.1, 0.15) is 0 Å². The Morgan fingerprint density at radius 2 is 2.04 bits per heavy atom. The summed E-state index contributed by atoms with van der Waals surface area (Å²) in [6, 6.07) is 7.07. The topological polar surface area (TPSA) is 66.5 Å². The summed E-state index contributed by atoms with van der Waals surface area (Å²) < 4.78 is 0. The maximum absolute atomic E-state index is 12.4. The average molecular weight is 334 g/mol. The van der Waals surface area contributed by atoms with Gasteiger partial charge < -0.3 is 5.32 Å². The van der Waals surface area contributed by atoms with Crippen molar-refractivity contribution >= 4 is 28.8 Å². The summed E-state index contributed by atoms with van der Waals surface area (Å²) in [6.07, 6.45) is 0. The zero-order valence-corrected chi connectivity index (χ0v) is 14.7. The summed E-state index contributed by atoms with van der Waals surface area (Å²) in [5.41, 5.74) is 1.27. The van der Waals surface area contributed by atoms with Crippen LogP contribution in [-0.4, -0.2) is 33.7 Å². The molecule has 0 unspecified atom stereocenters. The lowest BCUT2D eigenvalue weighted by atomic mass is 9.88. The summed E-state index contributed by atoms with van der Waals surface area (Å²) in [6.45, 7) is 8.38. The second-order valence-electron chi connectivity index (χ2n) is 6.80. The van der Waals surface area contributed by atoms with Gasteiger partial charge in [0.05, 0.1) is 12.3 Å². The third-order valence-electron chi connectivity index (χ3n) is 4.02. The fourth-order valence-corrected chi connectivity index (χ4v) is 2.75. The van der Waals surface area contributed by atoms with E-state index in [1.54, 1.807) is 18.2 Å². The number of imide groups is 1. The van der Waals surface area contributed by atoms with Crippen molar-refractivity contribution in [1.29, 1.82) is 0 Å². The highest BCUT2D eigenvalue weighted by molar-refractivity contribution is 8.14. The number of hydrogen-bond acceptors (Lipinski definition) is 4. The molecule has 1 atom stereocenters. The predicted molar refractivity (Wildman–Crippen MR) is 91.2 cm³/mol. The van der Waals surface area contributed by atoms with Crippen molar-refractivity contribution in [3.05, 3.63) is 35.4 Å². The van der Waals surface area contributed by atoms with Crippen molar-refractivity contribution in [3.63, 3.8) is 0 Å². The normalized spacial score (nSPS) is 16.6. The second kappa shape index (κ2) is 6.74. The van der Waals surface area contributed by atoms with E-state index in [9.17, 15) is 14.4 Å². The zero-order valence-electron chi connectivity index (χ0n) is 13.9. The molecule has 1 N–H and O–H groups in total. The van der Waals surface area contributed by atoms with Crippen molar-refractivity contribution in [3.8, 4) is 0 Å². The molecule has 124 valence electrons. The van der Waals surface area contributed by atoms with E-state index in [1.165, 1.54) is 4.90 Å². The Kier molecular flexibility index (Phi) is 5.14. The van der Waals surface area contributed by atoms with E-state index in [4.69, 9.17) is 0 Å². The van der Waals surface area contributed by atoms with Crippen LogP contribution in [0.5, 0.6) is 0 Å². The monoisotopic (exact) mass is 334 g/mol. The molecule has 0 aromatic heterocycles. The number of carbonyl (C=O) groups is 3. The van der Waals surface area contributed by atoms with Gasteiger partial charge in [-0.3, -0.25) is 19.3 Å². The highest BCUT2D eigenvalue weighted by atomic mass is 32.2. The standard InChI is InChI=1S/C17H22N2O3S/c1-11(17(2,3)4)18-15(21)13-7-5-6-12(8-13)9-19-14(20)10-23-16(19)22/h5-8,11H,9-10H2,1-4H3,(H,18,21)/t11-/m0/s1. The molecule has 6 heteroatoms. The van der Waals surface area contributed by atoms with Crippen molar-refractivity contribution < 1.29 is 14.4 Å². The molecule has 1 heterocycles. The summed E-state index contributed by atoms with van der Waals surface area (Å²) in [7, 11) is 0. The van der Waals surface area contributed by atoms with E-state index in [2.05, 4.69) is 26.1 Å². The van der Waals surface area contributed by atoms with Crippen LogP contribution in [0.1, 0.15) is 43.6 Å². The Bertz CT molecular complexity index is 621. The summed E-state index contributed by atoms with van der Waals surface area (Å²) in [5, 5.41) is 2.75. The Morgan fingerprint density at radius 3 is 2.61 bits per heavy atom. The van der Waals surface area contributed by atoms with Crippen LogP contribution in [0.3, 0.4) is 0 Å². The van der Waals surface area contributed by atoms with Gasteiger partial charge in [0.15, 0.2) is 0 Å². The van der Waals surface area contributed by atoms with Crippen LogP contribution in [0.25, 0.3) is 0 Å². The first-order valence-corrected chi connectivity index (χ1v) is 8.54. The molecular weight excluding hydrogens is 312 g/mol. The molecule has 0 spiro atoms. The van der Waals surface area contributed by atoms with Gasteiger partial charge in [0, 0.05) is 11.6 Å². The molecule has 0 radical (unpaired) electrons. The molecule has 1 aliphatic heterocycles. The van der Waals surface area contributed by atoms with Gasteiger partial charge in [-0.15, -0.1) is 0 Å². The lowest BCUT2D eigenvalue weighted by Gasteiger charge is -2.28. The number of nitrogens with one attached hydrogen (secondary N) is 1. The van der Waals surface area contributed by atoms with Gasteiger partial charge in [-0.1, -0.05) is 44.7 Å². The van der Waals surface area contributed by atoms with Crippen LogP contribution in [0.15, 0.2) is 24.3 Å². The van der Waals surface area contributed by atoms with E-state index in [0.717, 1.165) is 17.3 Å². The number of benzene rings is 1. The first-order chi connectivity index (χ1) is 10.7. The predicted octanol–water partition coefficient (Wildman–Crippen LogP) is 3.05. The first-order valence-electron chi connectivity index (χ1n) is 7.55. The van der Waals surface area contributed by atoms with E-state index in [-0.39, 0.29) is 40.8 Å². The maximum atomic E-state index is 12.4. The van der Waals surface area contributed by atoms with Crippen LogP contribution in [-0.2, 0) is 11.3 Å². The number of nitrogens with zero attached hydrogens (tertiary/aromatic N) is 1. The smallest absolute Gasteiger partial charge is 0.289 e. The lowest BCUT2D eigenvalue weighted by molar-refractivity contribution is -0.125. The number of rotatable bonds is 4. The highest BCUT2D eigenvalue weighted by Crippen LogP contribution is 2.22. The van der Waals surface area contributed by atoms with Gasteiger partial charge in [-0.2, -0.15) is 0 Å². The van der Waals surface area contributed by atoms with E-state index < -0.39 is 0 Å². The van der Waals surface area contributed by atoms with E-state index in [0.29, 0.717) is 5.56 Å². The van der Waals surface area contributed by atoms with Gasteiger partial charge in [-0.25, -0.2) is 0 Å². The number of hydrogen-bond donors (Lipinski definition) is 1. The van der Waals surface area contributed by atoms with E-state index in [1.807, 2.05) is 13.0 Å². The third-order valence-corrected chi connectivity index (χ3v) is 4.88. The number of amides is 3. The highest BCUT2D eigenvalue weighted by Gasteiger charge is 2.30. The molecule has 0 bridgehead atoms. The van der Waals surface area contributed by atoms with Crippen molar-refractivity contribution in [1.82, 2.24) is 10.2 Å². The number of carbonyl (C=O) groups excluding carboxylic acids is 3. The minimum atomic E-state index is -0.230. The molecule has 0 aliphatic carbocycles. The first kappa shape index (κ1) is 17.5. The zero-order chi connectivity index (χ0) is 17.2. The SMILES string of the molecule is C[C@H](NC(=O)c1cccc(CN2C(=O)CSC2=O)c1)C(C)(C)C. The van der Waals surface area contributed by atoms with Gasteiger partial charge in [0.2, 0.25) is 5.91 Å². The van der Waals surface area contributed by atoms with Gasteiger partial charge in [0.25, 0.3) is 11.1 Å². The third kappa shape index (κ3) is 4.34. The summed E-state index contributed by atoms with van der Waals surface area (Å²) in [4.78, 5) is 36.9. The largest absolute Gasteiger partial charge is 0.349 e. The van der Waals surface area contributed by atoms with Gasteiger partial charge >= 0.3 is 0 Å². The Balaban J connectivity index is 2.09. The molecule has 1 aromatic rings. The van der Waals surface area contributed by atoms with Gasteiger partial charge in [-0.05, 0) is 30.0 Å². The molecular formula is C17H22N2O3S. The maximum Gasteiger partial charge on any atom is 0.289 e.